The highest BCUT2D eigenvalue weighted by Crippen LogP contribution is 2.23. The molecule has 0 heterocycles. The summed E-state index contributed by atoms with van der Waals surface area (Å²) < 4.78 is 11.0. The zero-order valence-electron chi connectivity index (χ0n) is 16.4. The number of esters is 1. The molecular weight excluding hydrogens is 336 g/mol. The lowest BCUT2D eigenvalue weighted by atomic mass is 10.0. The highest BCUT2D eigenvalue weighted by atomic mass is 16.5. The monoisotopic (exact) mass is 366 g/mol. The van der Waals surface area contributed by atoms with Gasteiger partial charge in [0.1, 0.15) is 5.75 Å². The molecule has 0 saturated heterocycles. The van der Waals surface area contributed by atoms with Gasteiger partial charge in [-0.3, -0.25) is 0 Å². The van der Waals surface area contributed by atoms with Crippen LogP contribution in [0, 0.1) is 0 Å². The van der Waals surface area contributed by atoms with E-state index in [2.05, 4.69) is 6.58 Å². The van der Waals surface area contributed by atoms with Crippen LogP contribution in [-0.2, 0) is 4.74 Å². The Bertz CT molecular complexity index is 699. The van der Waals surface area contributed by atoms with E-state index in [0.717, 1.165) is 36.3 Å². The van der Waals surface area contributed by atoms with Gasteiger partial charge in [-0.05, 0) is 68.5 Å². The Balaban J connectivity index is 1.82. The largest absolute Gasteiger partial charge is 0.494 e. The van der Waals surface area contributed by atoms with Gasteiger partial charge in [-0.15, -0.1) is 6.58 Å². The summed E-state index contributed by atoms with van der Waals surface area (Å²) in [6.07, 6.45) is 7.67. The Morgan fingerprint density at radius 3 is 2.11 bits per heavy atom. The molecule has 3 heteroatoms. The molecule has 0 aliphatic carbocycles. The van der Waals surface area contributed by atoms with Gasteiger partial charge in [0, 0.05) is 0 Å². The third-order valence-corrected chi connectivity index (χ3v) is 4.22. The number of allylic oxidation sites excluding steroid dienone is 1. The molecule has 27 heavy (non-hydrogen) atoms. The van der Waals surface area contributed by atoms with Crippen LogP contribution in [0.25, 0.3) is 11.1 Å². The highest BCUT2D eigenvalue weighted by molar-refractivity contribution is 5.90. The molecule has 0 aliphatic rings. The van der Waals surface area contributed by atoms with Gasteiger partial charge in [0.25, 0.3) is 0 Å². The number of rotatable bonds is 11. The molecule has 0 unspecified atom stereocenters. The normalized spacial score (nSPS) is 10.6. The molecule has 144 valence electrons. The van der Waals surface area contributed by atoms with E-state index in [9.17, 15) is 4.79 Å². The second kappa shape index (κ2) is 11.2. The van der Waals surface area contributed by atoms with Crippen molar-refractivity contribution in [1.82, 2.24) is 0 Å². The zero-order valence-corrected chi connectivity index (χ0v) is 16.4. The Morgan fingerprint density at radius 1 is 0.926 bits per heavy atom. The maximum Gasteiger partial charge on any atom is 0.338 e. The number of benzene rings is 2. The van der Waals surface area contributed by atoms with Crippen LogP contribution >= 0.6 is 0 Å². The van der Waals surface area contributed by atoms with Gasteiger partial charge in [-0.1, -0.05) is 43.2 Å². The van der Waals surface area contributed by atoms with E-state index in [1.807, 2.05) is 56.3 Å². The average molecular weight is 367 g/mol. The highest BCUT2D eigenvalue weighted by Gasteiger charge is 2.09. The third-order valence-electron chi connectivity index (χ3n) is 4.22. The Labute approximate surface area is 163 Å². The number of carbonyl (C=O) groups excluding carboxylic acids is 1. The minimum absolute atomic E-state index is 0.114. The molecule has 0 fully saturated rings. The lowest BCUT2D eigenvalue weighted by molar-refractivity contribution is 0.0378. The first kappa shape index (κ1) is 20.8. The molecular formula is C24H30O3. The standard InChI is InChI=1S/C24H30O3/c1-4-5-6-7-8-9-18-26-23-16-14-21(15-17-23)20-10-12-22(13-11-20)24(25)27-19(2)3/h4,10-17,19H,1,5-9,18H2,2-3H3. The van der Waals surface area contributed by atoms with Crippen LogP contribution in [0.3, 0.4) is 0 Å². The summed E-state index contributed by atoms with van der Waals surface area (Å²) in [5.74, 6) is 0.603. The fraction of sp³-hybridized carbons (Fsp3) is 0.375. The summed E-state index contributed by atoms with van der Waals surface area (Å²) in [7, 11) is 0. The second-order valence-corrected chi connectivity index (χ2v) is 6.90. The second-order valence-electron chi connectivity index (χ2n) is 6.90. The van der Waals surface area contributed by atoms with Crippen LogP contribution in [0.2, 0.25) is 0 Å². The topological polar surface area (TPSA) is 35.5 Å². The van der Waals surface area contributed by atoms with Crippen molar-refractivity contribution in [3.8, 4) is 16.9 Å². The summed E-state index contributed by atoms with van der Waals surface area (Å²) in [5.41, 5.74) is 2.72. The molecule has 0 radical (unpaired) electrons. The lowest BCUT2D eigenvalue weighted by Crippen LogP contribution is -2.11. The molecule has 0 atom stereocenters. The van der Waals surface area contributed by atoms with Crippen LogP contribution in [0.15, 0.2) is 61.2 Å². The molecule has 0 amide bonds. The number of carbonyl (C=O) groups is 1. The van der Waals surface area contributed by atoms with Crippen molar-refractivity contribution in [1.29, 1.82) is 0 Å². The molecule has 2 aromatic rings. The maximum absolute atomic E-state index is 11.9. The molecule has 0 aromatic heterocycles. The van der Waals surface area contributed by atoms with Gasteiger partial charge in [-0.25, -0.2) is 4.79 Å². The minimum Gasteiger partial charge on any atom is -0.494 e. The van der Waals surface area contributed by atoms with E-state index in [1.165, 1.54) is 19.3 Å². The summed E-state index contributed by atoms with van der Waals surface area (Å²) in [6.45, 7) is 8.18. The first-order valence-electron chi connectivity index (χ1n) is 9.75. The zero-order chi connectivity index (χ0) is 19.5. The van der Waals surface area contributed by atoms with Gasteiger partial charge in [0.05, 0.1) is 18.3 Å². The molecule has 0 bridgehead atoms. The first-order chi connectivity index (χ1) is 13.1. The van der Waals surface area contributed by atoms with E-state index < -0.39 is 0 Å². The van der Waals surface area contributed by atoms with Gasteiger partial charge < -0.3 is 9.47 Å². The van der Waals surface area contributed by atoms with Gasteiger partial charge >= 0.3 is 5.97 Å². The quantitative estimate of drug-likeness (QED) is 0.261. The summed E-state index contributed by atoms with van der Waals surface area (Å²) in [4.78, 5) is 11.9. The molecule has 3 nitrogen and oxygen atoms in total. The van der Waals surface area contributed by atoms with Crippen molar-refractivity contribution in [3.63, 3.8) is 0 Å². The van der Waals surface area contributed by atoms with Crippen LogP contribution < -0.4 is 4.74 Å². The summed E-state index contributed by atoms with van der Waals surface area (Å²) >= 11 is 0. The maximum atomic E-state index is 11.9. The smallest absolute Gasteiger partial charge is 0.338 e. The summed E-state index contributed by atoms with van der Waals surface area (Å²) in [6, 6.07) is 15.6. The number of hydrogen-bond donors (Lipinski definition) is 0. The van der Waals surface area contributed by atoms with Crippen molar-refractivity contribution in [2.45, 2.75) is 52.1 Å². The molecule has 0 aliphatic heterocycles. The first-order valence-corrected chi connectivity index (χ1v) is 9.75. The minimum atomic E-state index is -0.287. The van der Waals surface area contributed by atoms with E-state index in [4.69, 9.17) is 9.47 Å². The summed E-state index contributed by atoms with van der Waals surface area (Å²) in [5, 5.41) is 0. The van der Waals surface area contributed by atoms with Gasteiger partial charge in [0.2, 0.25) is 0 Å². The lowest BCUT2D eigenvalue weighted by Gasteiger charge is -2.09. The van der Waals surface area contributed by atoms with E-state index in [1.54, 1.807) is 12.1 Å². The number of unbranched alkanes of at least 4 members (excludes halogenated alkanes) is 4. The number of hydrogen-bond acceptors (Lipinski definition) is 3. The Morgan fingerprint density at radius 2 is 1.52 bits per heavy atom. The Hall–Kier alpha value is -2.55. The Kier molecular flexibility index (Phi) is 8.63. The van der Waals surface area contributed by atoms with Gasteiger partial charge in [-0.2, -0.15) is 0 Å². The predicted molar refractivity (Wildman–Crippen MR) is 111 cm³/mol. The van der Waals surface area contributed by atoms with Crippen molar-refractivity contribution in [3.05, 3.63) is 66.7 Å². The SMILES string of the molecule is C=CCCCCCCOc1ccc(-c2ccc(C(=O)OC(C)C)cc2)cc1. The molecule has 0 spiro atoms. The van der Waals surface area contributed by atoms with Crippen LogP contribution in [0.1, 0.15) is 56.3 Å². The molecule has 0 N–H and O–H groups in total. The number of ether oxygens (including phenoxy) is 2. The van der Waals surface area contributed by atoms with Crippen LogP contribution in [-0.4, -0.2) is 18.7 Å². The fourth-order valence-corrected chi connectivity index (χ4v) is 2.76. The predicted octanol–water partition coefficient (Wildman–Crippen LogP) is 6.43. The third kappa shape index (κ3) is 7.30. The van der Waals surface area contributed by atoms with Crippen LogP contribution in [0.5, 0.6) is 5.75 Å². The average Bonchev–Trinajstić information content (AvgIpc) is 2.67. The van der Waals surface area contributed by atoms with E-state index in [-0.39, 0.29) is 12.1 Å². The molecule has 2 rings (SSSR count). The fourth-order valence-electron chi connectivity index (χ4n) is 2.76. The van der Waals surface area contributed by atoms with Crippen molar-refractivity contribution < 1.29 is 14.3 Å². The van der Waals surface area contributed by atoms with Crippen LogP contribution in [0.4, 0.5) is 0 Å². The van der Waals surface area contributed by atoms with E-state index in [0.29, 0.717) is 5.56 Å². The molecule has 2 aromatic carbocycles. The van der Waals surface area contributed by atoms with Crippen molar-refractivity contribution >= 4 is 5.97 Å². The van der Waals surface area contributed by atoms with Crippen molar-refractivity contribution in [2.24, 2.45) is 0 Å². The van der Waals surface area contributed by atoms with E-state index >= 15 is 0 Å². The van der Waals surface area contributed by atoms with Gasteiger partial charge in [0.15, 0.2) is 0 Å². The van der Waals surface area contributed by atoms with Crippen molar-refractivity contribution in [2.75, 3.05) is 6.61 Å². The molecule has 0 saturated carbocycles.